The molecule has 3 nitrogen and oxygen atoms in total. The molecule has 2 aliphatic rings. The molecular weight excluding hydrogens is 246 g/mol. The molecule has 1 saturated heterocycles. The lowest BCUT2D eigenvalue weighted by atomic mass is 9.93. The molecule has 0 aromatic heterocycles. The van der Waals surface area contributed by atoms with Crippen LogP contribution in [0.2, 0.25) is 0 Å². The Morgan fingerprint density at radius 1 is 1.20 bits per heavy atom. The number of rotatable bonds is 4. The van der Waals surface area contributed by atoms with Crippen LogP contribution in [0, 0.1) is 5.92 Å². The predicted octanol–water partition coefficient (Wildman–Crippen LogP) is 2.10. The highest BCUT2D eigenvalue weighted by Crippen LogP contribution is 2.39. The van der Waals surface area contributed by atoms with Crippen LogP contribution < -0.4 is 5.73 Å². The molecule has 0 bridgehead atoms. The zero-order valence-corrected chi connectivity index (χ0v) is 12.8. The summed E-state index contributed by atoms with van der Waals surface area (Å²) in [6, 6.07) is 11.4. The molecule has 2 N–H and O–H groups in total. The smallest absolute Gasteiger partial charge is 0.0476 e. The molecule has 3 rings (SSSR count). The molecule has 20 heavy (non-hydrogen) atoms. The molecule has 1 aliphatic heterocycles. The van der Waals surface area contributed by atoms with Crippen LogP contribution in [0.15, 0.2) is 30.3 Å². The van der Waals surface area contributed by atoms with Crippen molar-refractivity contribution in [3.8, 4) is 0 Å². The fourth-order valence-electron chi connectivity index (χ4n) is 3.45. The second kappa shape index (κ2) is 5.47. The van der Waals surface area contributed by atoms with Crippen LogP contribution in [-0.2, 0) is 0 Å². The first-order valence-electron chi connectivity index (χ1n) is 7.83. The Morgan fingerprint density at radius 2 is 1.90 bits per heavy atom. The highest BCUT2D eigenvalue weighted by Gasteiger charge is 2.41. The molecule has 1 aromatic rings. The van der Waals surface area contributed by atoms with Crippen molar-refractivity contribution >= 4 is 0 Å². The monoisotopic (exact) mass is 273 g/mol. The number of nitrogens with zero attached hydrogens (tertiary/aromatic N) is 2. The van der Waals surface area contributed by atoms with Gasteiger partial charge in [-0.05, 0) is 38.3 Å². The first-order valence-corrected chi connectivity index (χ1v) is 7.83. The van der Waals surface area contributed by atoms with E-state index in [4.69, 9.17) is 5.73 Å². The van der Waals surface area contributed by atoms with Crippen LogP contribution in [0.3, 0.4) is 0 Å². The fourth-order valence-corrected chi connectivity index (χ4v) is 3.45. The van der Waals surface area contributed by atoms with E-state index < -0.39 is 0 Å². The maximum atomic E-state index is 6.57. The van der Waals surface area contributed by atoms with Gasteiger partial charge in [-0.25, -0.2) is 0 Å². The number of hydrogen-bond donors (Lipinski definition) is 1. The summed E-state index contributed by atoms with van der Waals surface area (Å²) in [5.74, 6) is 0.735. The average Bonchev–Trinajstić information content (AvgIpc) is 3.26. The zero-order valence-electron chi connectivity index (χ0n) is 12.8. The third kappa shape index (κ3) is 3.05. The molecule has 3 heteroatoms. The van der Waals surface area contributed by atoms with Gasteiger partial charge in [0.15, 0.2) is 0 Å². The van der Waals surface area contributed by atoms with Crippen molar-refractivity contribution in [2.45, 2.75) is 31.3 Å². The van der Waals surface area contributed by atoms with Gasteiger partial charge in [-0.2, -0.15) is 0 Å². The third-order valence-corrected chi connectivity index (χ3v) is 4.93. The van der Waals surface area contributed by atoms with Crippen LogP contribution >= 0.6 is 0 Å². The molecule has 0 amide bonds. The first-order chi connectivity index (χ1) is 9.56. The standard InChI is InChI=1S/C17H27N3/c1-17(18,15-8-9-15)13-20-11-10-19(2)12-16(20)14-6-4-3-5-7-14/h3-7,15-16H,8-13,18H2,1-2H3. The van der Waals surface area contributed by atoms with Gasteiger partial charge in [0, 0.05) is 37.8 Å². The first kappa shape index (κ1) is 14.1. The number of hydrogen-bond acceptors (Lipinski definition) is 3. The summed E-state index contributed by atoms with van der Waals surface area (Å²) in [6.45, 7) is 6.63. The van der Waals surface area contributed by atoms with Crippen molar-refractivity contribution in [2.24, 2.45) is 11.7 Å². The highest BCUT2D eigenvalue weighted by molar-refractivity contribution is 5.20. The van der Waals surface area contributed by atoms with Crippen LogP contribution in [0.25, 0.3) is 0 Å². The normalized spacial score (nSPS) is 28.2. The van der Waals surface area contributed by atoms with Gasteiger partial charge in [0.25, 0.3) is 0 Å². The van der Waals surface area contributed by atoms with E-state index in [-0.39, 0.29) is 5.54 Å². The van der Waals surface area contributed by atoms with E-state index in [1.54, 1.807) is 0 Å². The maximum absolute atomic E-state index is 6.57. The van der Waals surface area contributed by atoms with Gasteiger partial charge in [-0.1, -0.05) is 30.3 Å². The molecule has 1 saturated carbocycles. The van der Waals surface area contributed by atoms with E-state index in [1.807, 2.05) is 0 Å². The van der Waals surface area contributed by atoms with Gasteiger partial charge < -0.3 is 10.6 Å². The number of benzene rings is 1. The second-order valence-corrected chi connectivity index (χ2v) is 6.94. The molecule has 110 valence electrons. The zero-order chi connectivity index (χ0) is 14.2. The number of piperazine rings is 1. The van der Waals surface area contributed by atoms with Gasteiger partial charge in [0.05, 0.1) is 0 Å². The fraction of sp³-hybridized carbons (Fsp3) is 0.647. The Bertz CT molecular complexity index is 439. The van der Waals surface area contributed by atoms with Crippen molar-refractivity contribution in [3.05, 3.63) is 35.9 Å². The summed E-state index contributed by atoms with van der Waals surface area (Å²) < 4.78 is 0. The summed E-state index contributed by atoms with van der Waals surface area (Å²) >= 11 is 0. The van der Waals surface area contributed by atoms with Gasteiger partial charge in [0.1, 0.15) is 0 Å². The SMILES string of the molecule is CN1CCN(CC(C)(N)C2CC2)C(c2ccccc2)C1. The van der Waals surface area contributed by atoms with Crippen molar-refractivity contribution in [2.75, 3.05) is 33.2 Å². The second-order valence-electron chi connectivity index (χ2n) is 6.94. The molecule has 1 aromatic carbocycles. The number of nitrogens with two attached hydrogens (primary N) is 1. The molecule has 1 aliphatic carbocycles. The Hall–Kier alpha value is -0.900. The molecule has 2 unspecified atom stereocenters. The molecule has 2 atom stereocenters. The molecule has 0 spiro atoms. The predicted molar refractivity (Wildman–Crippen MR) is 83.6 cm³/mol. The van der Waals surface area contributed by atoms with E-state index in [9.17, 15) is 0 Å². The Balaban J connectivity index is 1.76. The topological polar surface area (TPSA) is 32.5 Å². The number of likely N-dealkylation sites (N-methyl/N-ethyl adjacent to an activating group) is 1. The van der Waals surface area contributed by atoms with E-state index in [1.165, 1.54) is 18.4 Å². The largest absolute Gasteiger partial charge is 0.324 e. The average molecular weight is 273 g/mol. The van der Waals surface area contributed by atoms with Gasteiger partial charge in [-0.15, -0.1) is 0 Å². The minimum Gasteiger partial charge on any atom is -0.324 e. The van der Waals surface area contributed by atoms with E-state index in [2.05, 4.69) is 54.1 Å². The lowest BCUT2D eigenvalue weighted by Gasteiger charge is -2.44. The van der Waals surface area contributed by atoms with Gasteiger partial charge >= 0.3 is 0 Å². The summed E-state index contributed by atoms with van der Waals surface area (Å²) in [4.78, 5) is 5.03. The third-order valence-electron chi connectivity index (χ3n) is 4.93. The lowest BCUT2D eigenvalue weighted by Crippen LogP contribution is -2.55. The van der Waals surface area contributed by atoms with Crippen LogP contribution in [-0.4, -0.2) is 48.6 Å². The molecule has 2 fully saturated rings. The van der Waals surface area contributed by atoms with E-state index in [0.717, 1.165) is 32.1 Å². The Morgan fingerprint density at radius 3 is 2.55 bits per heavy atom. The lowest BCUT2D eigenvalue weighted by molar-refractivity contribution is 0.0670. The molecular formula is C17H27N3. The van der Waals surface area contributed by atoms with Gasteiger partial charge in [-0.3, -0.25) is 4.90 Å². The van der Waals surface area contributed by atoms with E-state index in [0.29, 0.717) is 6.04 Å². The van der Waals surface area contributed by atoms with Crippen LogP contribution in [0.5, 0.6) is 0 Å². The van der Waals surface area contributed by atoms with Crippen LogP contribution in [0.1, 0.15) is 31.4 Å². The Labute approximate surface area is 122 Å². The van der Waals surface area contributed by atoms with Crippen molar-refractivity contribution in [1.82, 2.24) is 9.80 Å². The molecule has 1 heterocycles. The summed E-state index contributed by atoms with van der Waals surface area (Å²) in [5.41, 5.74) is 7.97. The van der Waals surface area contributed by atoms with E-state index >= 15 is 0 Å². The van der Waals surface area contributed by atoms with Crippen molar-refractivity contribution in [3.63, 3.8) is 0 Å². The summed E-state index contributed by atoms with van der Waals surface area (Å²) in [6.07, 6.45) is 2.63. The quantitative estimate of drug-likeness (QED) is 0.912. The Kier molecular flexibility index (Phi) is 3.85. The highest BCUT2D eigenvalue weighted by atomic mass is 15.3. The minimum atomic E-state index is -0.0249. The maximum Gasteiger partial charge on any atom is 0.0476 e. The minimum absolute atomic E-state index is 0.0249. The summed E-state index contributed by atoms with van der Waals surface area (Å²) in [7, 11) is 2.22. The van der Waals surface area contributed by atoms with Crippen molar-refractivity contribution in [1.29, 1.82) is 0 Å². The van der Waals surface area contributed by atoms with Crippen molar-refractivity contribution < 1.29 is 0 Å². The summed E-state index contributed by atoms with van der Waals surface area (Å²) in [5, 5.41) is 0. The van der Waals surface area contributed by atoms with Gasteiger partial charge in [0.2, 0.25) is 0 Å². The van der Waals surface area contributed by atoms with Crippen LogP contribution in [0.4, 0.5) is 0 Å². The molecule has 0 radical (unpaired) electrons.